The third kappa shape index (κ3) is 41.1. The fraction of sp³-hybridized carbons (Fsp3) is 0.855. The standard InChI is InChI=1S/C62H115NO8/c1-3-5-7-9-11-13-15-17-19-21-22-23-24-25-26-27-28-29-30-31-32-33-34-36-38-40-42-44-46-48-50-52-58(66)63-55(54-70-62-61(69)60(68)59(67)57(53-64)71-62)56(65)51-49-47-45-43-41-39-37-35-20-18-16-14-12-10-8-6-4-2/h15,17,21-22,24-25,49,51,55-57,59-62,64-65,67-69H,3-14,16,18-20,23,26-48,50,52-54H2,1-2H3,(H,63,66)/b17-15-,22-21-,25-24-,51-49+. The molecule has 0 saturated carbocycles. The lowest BCUT2D eigenvalue weighted by Gasteiger charge is -2.40. The van der Waals surface area contributed by atoms with E-state index in [1.54, 1.807) is 6.08 Å². The SMILES string of the molecule is CCCCCCC/C=C\C/C=C\C/C=C\CCCCCCCCCCCCCCCCCCC(=O)NC(COC1OC(CO)C(O)C(O)C1O)C(O)/C=C/CCCCCCCCCCCCCCCCC. The number of allylic oxidation sites excluding steroid dienone is 7. The van der Waals surface area contributed by atoms with Gasteiger partial charge in [-0.2, -0.15) is 0 Å². The Morgan fingerprint density at radius 2 is 0.831 bits per heavy atom. The number of carbonyl (C=O) groups excluding carboxylic acids is 1. The number of hydrogen-bond acceptors (Lipinski definition) is 8. The van der Waals surface area contributed by atoms with Crippen molar-refractivity contribution in [2.75, 3.05) is 13.2 Å². The second-order valence-electron chi connectivity index (χ2n) is 21.1. The molecule has 1 saturated heterocycles. The predicted octanol–water partition coefficient (Wildman–Crippen LogP) is 15.3. The quantitative estimate of drug-likeness (QED) is 0.0261. The Kier molecular flexibility index (Phi) is 48.8. The minimum atomic E-state index is -1.57. The van der Waals surface area contributed by atoms with Crippen molar-refractivity contribution in [1.82, 2.24) is 5.32 Å². The van der Waals surface area contributed by atoms with Crippen molar-refractivity contribution in [2.45, 2.75) is 326 Å². The molecule has 1 heterocycles. The first-order valence-electron chi connectivity index (χ1n) is 30.4. The maximum absolute atomic E-state index is 13.1. The molecule has 0 aliphatic carbocycles. The van der Waals surface area contributed by atoms with Gasteiger partial charge < -0.3 is 40.3 Å². The molecule has 9 nitrogen and oxygen atoms in total. The van der Waals surface area contributed by atoms with Gasteiger partial charge in [0.15, 0.2) is 6.29 Å². The minimum absolute atomic E-state index is 0.174. The summed E-state index contributed by atoms with van der Waals surface area (Å²) in [6, 6.07) is -0.805. The smallest absolute Gasteiger partial charge is 0.220 e. The molecule has 416 valence electrons. The Morgan fingerprint density at radius 1 is 0.479 bits per heavy atom. The molecule has 0 aromatic heterocycles. The van der Waals surface area contributed by atoms with Gasteiger partial charge in [0.25, 0.3) is 0 Å². The van der Waals surface area contributed by atoms with Crippen LogP contribution in [-0.4, -0.2) is 87.5 Å². The minimum Gasteiger partial charge on any atom is -0.394 e. The van der Waals surface area contributed by atoms with Gasteiger partial charge in [-0.1, -0.05) is 268 Å². The summed E-state index contributed by atoms with van der Waals surface area (Å²) in [5.74, 6) is -0.174. The monoisotopic (exact) mass is 1000 g/mol. The highest BCUT2D eigenvalue weighted by molar-refractivity contribution is 5.76. The van der Waals surface area contributed by atoms with Crippen molar-refractivity contribution in [3.63, 3.8) is 0 Å². The summed E-state index contributed by atoms with van der Waals surface area (Å²) in [4.78, 5) is 13.1. The van der Waals surface area contributed by atoms with E-state index in [1.165, 1.54) is 212 Å². The first-order chi connectivity index (χ1) is 34.8. The second-order valence-corrected chi connectivity index (χ2v) is 21.1. The number of ether oxygens (including phenoxy) is 2. The van der Waals surface area contributed by atoms with Crippen LogP contribution in [0.2, 0.25) is 0 Å². The summed E-state index contributed by atoms with van der Waals surface area (Å²) in [6.45, 7) is 3.79. The predicted molar refractivity (Wildman–Crippen MR) is 299 cm³/mol. The molecule has 0 radical (unpaired) electrons. The van der Waals surface area contributed by atoms with Crippen LogP contribution >= 0.6 is 0 Å². The zero-order chi connectivity index (χ0) is 51.5. The maximum Gasteiger partial charge on any atom is 0.220 e. The Bertz CT molecular complexity index is 1250. The number of nitrogens with one attached hydrogen (secondary N) is 1. The first kappa shape index (κ1) is 67.2. The van der Waals surface area contributed by atoms with Crippen molar-refractivity contribution >= 4 is 5.91 Å². The highest BCUT2D eigenvalue weighted by atomic mass is 16.7. The third-order valence-corrected chi connectivity index (χ3v) is 14.4. The van der Waals surface area contributed by atoms with Crippen molar-refractivity contribution < 1.29 is 39.8 Å². The summed E-state index contributed by atoms with van der Waals surface area (Å²) in [5, 5.41) is 54.5. The zero-order valence-corrected chi connectivity index (χ0v) is 46.2. The van der Waals surface area contributed by atoms with Gasteiger partial charge in [-0.3, -0.25) is 4.79 Å². The zero-order valence-electron chi connectivity index (χ0n) is 46.2. The fourth-order valence-electron chi connectivity index (χ4n) is 9.58. The molecule has 0 aromatic rings. The van der Waals surface area contributed by atoms with Gasteiger partial charge in [0.1, 0.15) is 24.4 Å². The van der Waals surface area contributed by atoms with Gasteiger partial charge in [-0.05, 0) is 57.8 Å². The molecular weight excluding hydrogens is 887 g/mol. The molecule has 71 heavy (non-hydrogen) atoms. The van der Waals surface area contributed by atoms with E-state index in [-0.39, 0.29) is 12.5 Å². The molecule has 0 bridgehead atoms. The highest BCUT2D eigenvalue weighted by Gasteiger charge is 2.44. The number of rotatable bonds is 52. The molecule has 0 aromatic carbocycles. The molecule has 7 unspecified atom stereocenters. The van der Waals surface area contributed by atoms with Gasteiger partial charge in [0.2, 0.25) is 5.91 Å². The average Bonchev–Trinajstić information content (AvgIpc) is 3.37. The second kappa shape index (κ2) is 51.6. The Hall–Kier alpha value is -1.85. The lowest BCUT2D eigenvalue weighted by Crippen LogP contribution is -2.60. The van der Waals surface area contributed by atoms with Crippen LogP contribution in [0.4, 0.5) is 0 Å². The van der Waals surface area contributed by atoms with E-state index in [0.717, 1.165) is 51.4 Å². The third-order valence-electron chi connectivity index (χ3n) is 14.4. The van der Waals surface area contributed by atoms with Crippen molar-refractivity contribution in [2.24, 2.45) is 0 Å². The molecular formula is C62H115NO8. The molecule has 0 spiro atoms. The van der Waals surface area contributed by atoms with Gasteiger partial charge in [-0.25, -0.2) is 0 Å². The van der Waals surface area contributed by atoms with E-state index in [4.69, 9.17) is 9.47 Å². The van der Waals surface area contributed by atoms with E-state index in [0.29, 0.717) is 6.42 Å². The van der Waals surface area contributed by atoms with Gasteiger partial charge >= 0.3 is 0 Å². The maximum atomic E-state index is 13.1. The van der Waals surface area contributed by atoms with E-state index in [2.05, 4.69) is 55.6 Å². The first-order valence-corrected chi connectivity index (χ1v) is 30.4. The molecule has 1 fully saturated rings. The van der Waals surface area contributed by atoms with E-state index >= 15 is 0 Å². The number of hydrogen-bond donors (Lipinski definition) is 6. The number of amides is 1. The van der Waals surface area contributed by atoms with Crippen molar-refractivity contribution in [1.29, 1.82) is 0 Å². The van der Waals surface area contributed by atoms with Crippen molar-refractivity contribution in [3.05, 3.63) is 48.6 Å². The van der Waals surface area contributed by atoms with E-state index in [9.17, 15) is 30.3 Å². The Morgan fingerprint density at radius 3 is 1.23 bits per heavy atom. The number of aliphatic hydroxyl groups excluding tert-OH is 5. The van der Waals surface area contributed by atoms with Crippen LogP contribution in [0.3, 0.4) is 0 Å². The molecule has 1 amide bonds. The average molecular weight is 1000 g/mol. The van der Waals surface area contributed by atoms with Crippen LogP contribution in [0.25, 0.3) is 0 Å². The van der Waals surface area contributed by atoms with E-state index < -0.39 is 49.5 Å². The fourth-order valence-corrected chi connectivity index (χ4v) is 9.58. The lowest BCUT2D eigenvalue weighted by molar-refractivity contribution is -0.302. The molecule has 1 aliphatic heterocycles. The molecule has 1 rings (SSSR count). The summed E-state index contributed by atoms with van der Waals surface area (Å²) < 4.78 is 11.3. The summed E-state index contributed by atoms with van der Waals surface area (Å²) >= 11 is 0. The van der Waals surface area contributed by atoms with Crippen LogP contribution in [0.15, 0.2) is 48.6 Å². The van der Waals surface area contributed by atoms with Crippen LogP contribution in [0.1, 0.15) is 284 Å². The summed E-state index contributed by atoms with van der Waals surface area (Å²) in [6.07, 6.45) is 61.8. The van der Waals surface area contributed by atoms with Crippen LogP contribution in [0.5, 0.6) is 0 Å². The number of aliphatic hydroxyl groups is 5. The molecule has 7 atom stereocenters. The highest BCUT2D eigenvalue weighted by Crippen LogP contribution is 2.23. The topological polar surface area (TPSA) is 149 Å². The Balaban J connectivity index is 2.16. The summed E-state index contributed by atoms with van der Waals surface area (Å²) in [7, 11) is 0. The van der Waals surface area contributed by atoms with Gasteiger partial charge in [-0.15, -0.1) is 0 Å². The van der Waals surface area contributed by atoms with E-state index in [1.807, 2.05) is 6.08 Å². The molecule has 9 heteroatoms. The van der Waals surface area contributed by atoms with Crippen molar-refractivity contribution in [3.8, 4) is 0 Å². The number of carbonyl (C=O) groups is 1. The summed E-state index contributed by atoms with van der Waals surface area (Å²) in [5.41, 5.74) is 0. The molecule has 6 N–H and O–H groups in total. The van der Waals surface area contributed by atoms with Gasteiger partial charge in [0.05, 0.1) is 25.4 Å². The lowest BCUT2D eigenvalue weighted by atomic mass is 9.99. The normalized spacial score (nSPS) is 19.6. The van der Waals surface area contributed by atoms with Gasteiger partial charge in [0, 0.05) is 6.42 Å². The Labute approximate surface area is 437 Å². The van der Waals surface area contributed by atoms with Crippen LogP contribution in [0, 0.1) is 0 Å². The van der Waals surface area contributed by atoms with Crippen LogP contribution in [-0.2, 0) is 14.3 Å². The number of unbranched alkanes of at least 4 members (excludes halogenated alkanes) is 36. The molecule has 1 aliphatic rings. The largest absolute Gasteiger partial charge is 0.394 e. The van der Waals surface area contributed by atoms with Crippen LogP contribution < -0.4 is 5.32 Å².